The molecular formula is C20H31BrN2. The molecule has 0 aliphatic rings. The number of hydrogen-bond acceptors (Lipinski definition) is 2. The van der Waals surface area contributed by atoms with Crippen LogP contribution in [0.25, 0.3) is 0 Å². The molecule has 0 amide bonds. The molecule has 3 heteroatoms. The number of allylic oxidation sites excluding steroid dienone is 4. The molecule has 0 saturated heterocycles. The van der Waals surface area contributed by atoms with Crippen LogP contribution in [0.5, 0.6) is 0 Å². The maximum absolute atomic E-state index is 5.50. The Morgan fingerprint density at radius 2 is 1.83 bits per heavy atom. The van der Waals surface area contributed by atoms with Crippen LogP contribution in [0.1, 0.15) is 46.6 Å². The van der Waals surface area contributed by atoms with Crippen molar-refractivity contribution in [3.05, 3.63) is 59.7 Å². The molecule has 0 fully saturated rings. The van der Waals surface area contributed by atoms with E-state index in [-0.39, 0.29) is 4.83 Å². The predicted molar refractivity (Wildman–Crippen MR) is 110 cm³/mol. The van der Waals surface area contributed by atoms with Gasteiger partial charge in [0.25, 0.3) is 0 Å². The van der Waals surface area contributed by atoms with E-state index < -0.39 is 0 Å². The van der Waals surface area contributed by atoms with Gasteiger partial charge < -0.3 is 5.41 Å². The van der Waals surface area contributed by atoms with Crippen LogP contribution >= 0.6 is 15.9 Å². The maximum Gasteiger partial charge on any atom is 0.0643 e. The topological polar surface area (TPSA) is 36.2 Å². The largest absolute Gasteiger partial charge is 0.317 e. The number of halogens is 1. The van der Waals surface area contributed by atoms with Gasteiger partial charge in [0.1, 0.15) is 0 Å². The van der Waals surface area contributed by atoms with Crippen molar-refractivity contribution in [1.82, 2.24) is 0 Å². The van der Waals surface area contributed by atoms with Crippen LogP contribution in [0.15, 0.2) is 59.1 Å². The average Bonchev–Trinajstić information content (AvgIpc) is 2.59. The van der Waals surface area contributed by atoms with Gasteiger partial charge in [0, 0.05) is 0 Å². The maximum atomic E-state index is 5.50. The van der Waals surface area contributed by atoms with Gasteiger partial charge in [-0.2, -0.15) is 0 Å². The summed E-state index contributed by atoms with van der Waals surface area (Å²) >= 11 is 3.63. The van der Waals surface area contributed by atoms with Crippen molar-refractivity contribution in [2.75, 3.05) is 0 Å². The second kappa shape index (κ2) is 16.9. The molecule has 0 aliphatic heterocycles. The second-order valence-corrected chi connectivity index (χ2v) is 5.86. The first-order chi connectivity index (χ1) is 11.1. The smallest absolute Gasteiger partial charge is 0.0643 e. The van der Waals surface area contributed by atoms with Crippen molar-refractivity contribution in [2.45, 2.75) is 52.4 Å². The Kier molecular flexibility index (Phi) is 17.5. The summed E-state index contributed by atoms with van der Waals surface area (Å²) in [5.41, 5.74) is 3.57. The van der Waals surface area contributed by atoms with E-state index in [0.29, 0.717) is 0 Å². The Morgan fingerprint density at radius 1 is 1.26 bits per heavy atom. The van der Waals surface area contributed by atoms with Crippen molar-refractivity contribution in [3.63, 3.8) is 0 Å². The lowest BCUT2D eigenvalue weighted by atomic mass is 10.1. The highest BCUT2D eigenvalue weighted by atomic mass is 79.9. The SMILES string of the molecule is C=N.CC.CC/C=C\C=C(/C)C(=NCc1ccccc1)C(C)Br. The first kappa shape index (κ1) is 23.8. The lowest BCUT2D eigenvalue weighted by molar-refractivity contribution is 1.05. The summed E-state index contributed by atoms with van der Waals surface area (Å²) in [5, 5.41) is 5.50. The minimum atomic E-state index is 0.266. The Hall–Kier alpha value is -1.48. The first-order valence-corrected chi connectivity index (χ1v) is 8.98. The third kappa shape index (κ3) is 11.7. The lowest BCUT2D eigenvalue weighted by Crippen LogP contribution is -2.12. The van der Waals surface area contributed by atoms with E-state index in [1.54, 1.807) is 0 Å². The van der Waals surface area contributed by atoms with E-state index in [9.17, 15) is 0 Å². The highest BCUT2D eigenvalue weighted by Gasteiger charge is 2.08. The van der Waals surface area contributed by atoms with Gasteiger partial charge in [-0.15, -0.1) is 0 Å². The van der Waals surface area contributed by atoms with Gasteiger partial charge >= 0.3 is 0 Å². The van der Waals surface area contributed by atoms with Gasteiger partial charge in [-0.25, -0.2) is 0 Å². The summed E-state index contributed by atoms with van der Waals surface area (Å²) < 4.78 is 0. The highest BCUT2D eigenvalue weighted by molar-refractivity contribution is 9.10. The van der Waals surface area contributed by atoms with Gasteiger partial charge in [-0.3, -0.25) is 4.99 Å². The molecule has 0 spiro atoms. The monoisotopic (exact) mass is 378 g/mol. The van der Waals surface area contributed by atoms with E-state index in [0.717, 1.165) is 18.7 Å². The molecule has 0 aliphatic carbocycles. The number of aliphatic imine (C=N–C) groups is 1. The predicted octanol–water partition coefficient (Wildman–Crippen LogP) is 6.62. The number of hydrogen-bond donors (Lipinski definition) is 1. The van der Waals surface area contributed by atoms with Crippen LogP contribution < -0.4 is 0 Å². The molecule has 1 aromatic rings. The zero-order valence-corrected chi connectivity index (χ0v) is 16.7. The Labute approximate surface area is 151 Å². The second-order valence-electron chi connectivity index (χ2n) is 4.49. The summed E-state index contributed by atoms with van der Waals surface area (Å²) in [6, 6.07) is 10.3. The van der Waals surface area contributed by atoms with Crippen LogP contribution in [0.3, 0.4) is 0 Å². The average molecular weight is 379 g/mol. The summed E-state index contributed by atoms with van der Waals surface area (Å²) in [6.45, 7) is 13.6. The van der Waals surface area contributed by atoms with Crippen LogP contribution in [0.2, 0.25) is 0 Å². The normalized spacial score (nSPS) is 12.8. The minimum absolute atomic E-state index is 0.266. The van der Waals surface area contributed by atoms with E-state index in [2.05, 4.69) is 85.9 Å². The van der Waals surface area contributed by atoms with Crippen LogP contribution in [0.4, 0.5) is 0 Å². The minimum Gasteiger partial charge on any atom is -0.317 e. The van der Waals surface area contributed by atoms with Gasteiger partial charge in [-0.05, 0) is 38.1 Å². The van der Waals surface area contributed by atoms with Crippen molar-refractivity contribution in [2.24, 2.45) is 4.99 Å². The molecule has 0 heterocycles. The van der Waals surface area contributed by atoms with Crippen molar-refractivity contribution >= 4 is 28.4 Å². The molecule has 1 aromatic carbocycles. The summed E-state index contributed by atoms with van der Waals surface area (Å²) in [5.74, 6) is 0. The molecule has 0 bridgehead atoms. The molecule has 1 rings (SSSR count). The fraction of sp³-hybridized carbons (Fsp3) is 0.400. The number of alkyl halides is 1. The van der Waals surface area contributed by atoms with E-state index in [4.69, 9.17) is 10.4 Å². The highest BCUT2D eigenvalue weighted by Crippen LogP contribution is 2.12. The quantitative estimate of drug-likeness (QED) is 0.328. The van der Waals surface area contributed by atoms with Crippen LogP contribution in [-0.2, 0) is 6.54 Å². The third-order valence-corrected chi connectivity index (χ3v) is 3.21. The number of nitrogens with one attached hydrogen (secondary N) is 1. The van der Waals surface area contributed by atoms with Gasteiger partial charge in [0.2, 0.25) is 0 Å². The van der Waals surface area contributed by atoms with Gasteiger partial charge in [0.15, 0.2) is 0 Å². The number of nitrogens with zero attached hydrogens (tertiary/aromatic N) is 1. The molecular weight excluding hydrogens is 348 g/mol. The first-order valence-electron chi connectivity index (χ1n) is 8.06. The Morgan fingerprint density at radius 3 is 2.30 bits per heavy atom. The molecule has 1 unspecified atom stereocenters. The summed E-state index contributed by atoms with van der Waals surface area (Å²) in [6.07, 6.45) is 7.44. The van der Waals surface area contributed by atoms with Crippen molar-refractivity contribution < 1.29 is 0 Å². The third-order valence-electron chi connectivity index (χ3n) is 2.77. The van der Waals surface area contributed by atoms with Crippen molar-refractivity contribution in [3.8, 4) is 0 Å². The Bertz CT molecular complexity index is 474. The molecule has 1 N–H and O–H groups in total. The summed E-state index contributed by atoms with van der Waals surface area (Å²) in [4.78, 5) is 5.01. The molecule has 0 saturated carbocycles. The number of rotatable bonds is 6. The Balaban J connectivity index is 0. The standard InChI is InChI=1S/C17H22BrN.C2H6.CH3N/c1-4-5-7-10-14(2)17(15(3)18)19-13-16-11-8-6-9-12-16;2*1-2/h5-12,15H,4,13H2,1-3H3;1-2H3;2H,1H2/b7-5-,14-10+,19-17?;;. The zero-order chi connectivity index (χ0) is 18.1. The molecule has 1 atom stereocenters. The number of benzene rings is 1. The molecule has 128 valence electrons. The molecule has 0 radical (unpaired) electrons. The summed E-state index contributed by atoms with van der Waals surface area (Å²) in [7, 11) is 0. The van der Waals surface area contributed by atoms with E-state index in [1.165, 1.54) is 11.1 Å². The van der Waals surface area contributed by atoms with Gasteiger partial charge in [0.05, 0.1) is 17.1 Å². The lowest BCUT2D eigenvalue weighted by Gasteiger charge is -2.09. The fourth-order valence-corrected chi connectivity index (χ4v) is 2.26. The molecule has 2 nitrogen and oxygen atoms in total. The molecule has 0 aromatic heterocycles. The zero-order valence-electron chi connectivity index (χ0n) is 15.1. The van der Waals surface area contributed by atoms with Gasteiger partial charge in [-0.1, -0.05) is 85.3 Å². The van der Waals surface area contributed by atoms with Crippen LogP contribution in [-0.4, -0.2) is 17.3 Å². The van der Waals surface area contributed by atoms with Crippen LogP contribution in [0, 0.1) is 5.41 Å². The molecule has 23 heavy (non-hydrogen) atoms. The van der Waals surface area contributed by atoms with E-state index >= 15 is 0 Å². The van der Waals surface area contributed by atoms with Crippen molar-refractivity contribution in [1.29, 1.82) is 5.41 Å². The fourth-order valence-electron chi connectivity index (χ4n) is 1.76. The van der Waals surface area contributed by atoms with E-state index in [1.807, 2.05) is 19.9 Å².